The predicted molar refractivity (Wildman–Crippen MR) is 96.4 cm³/mol. The quantitative estimate of drug-likeness (QED) is 0.839. The van der Waals surface area contributed by atoms with Crippen LogP contribution < -0.4 is 15.8 Å². The van der Waals surface area contributed by atoms with Crippen LogP contribution in [0.1, 0.15) is 46.0 Å². The van der Waals surface area contributed by atoms with Gasteiger partial charge in [0.05, 0.1) is 5.56 Å². The van der Waals surface area contributed by atoms with Crippen molar-refractivity contribution in [2.24, 2.45) is 0 Å². The number of hydrogen-bond donors (Lipinski definition) is 2. The Kier molecular flexibility index (Phi) is 5.28. The van der Waals surface area contributed by atoms with Crippen molar-refractivity contribution >= 4 is 17.6 Å². The molecule has 2 N–H and O–H groups in total. The van der Waals surface area contributed by atoms with Crippen LogP contribution in [-0.4, -0.2) is 29.9 Å². The Morgan fingerprint density at radius 3 is 2.40 bits per heavy atom. The van der Waals surface area contributed by atoms with E-state index in [4.69, 9.17) is 0 Å². The number of hydrazine groups is 1. The van der Waals surface area contributed by atoms with Crippen molar-refractivity contribution < 1.29 is 9.59 Å². The zero-order valence-electron chi connectivity index (χ0n) is 14.3. The Hall–Kier alpha value is -2.89. The lowest BCUT2D eigenvalue weighted by molar-refractivity contribution is 0.0846. The smallest absolute Gasteiger partial charge is 0.273 e. The summed E-state index contributed by atoms with van der Waals surface area (Å²) in [5, 5.41) is 0. The van der Waals surface area contributed by atoms with Gasteiger partial charge in [0.15, 0.2) is 0 Å². The zero-order chi connectivity index (χ0) is 17.6. The summed E-state index contributed by atoms with van der Waals surface area (Å²) in [6, 6.07) is 10.8. The van der Waals surface area contributed by atoms with Crippen LogP contribution in [0.3, 0.4) is 0 Å². The first-order valence-electron chi connectivity index (χ1n) is 8.58. The van der Waals surface area contributed by atoms with E-state index >= 15 is 0 Å². The van der Waals surface area contributed by atoms with E-state index in [9.17, 15) is 9.59 Å². The van der Waals surface area contributed by atoms with Crippen molar-refractivity contribution in [1.29, 1.82) is 0 Å². The summed E-state index contributed by atoms with van der Waals surface area (Å²) in [7, 11) is 0. The predicted octanol–water partition coefficient (Wildman–Crippen LogP) is 2.32. The van der Waals surface area contributed by atoms with Gasteiger partial charge in [0.25, 0.3) is 11.8 Å². The Morgan fingerprint density at radius 1 is 1.04 bits per heavy atom. The van der Waals surface area contributed by atoms with E-state index in [2.05, 4.69) is 27.7 Å². The average Bonchev–Trinajstić information content (AvgIpc) is 3.20. The van der Waals surface area contributed by atoms with Crippen molar-refractivity contribution in [2.75, 3.05) is 18.0 Å². The van der Waals surface area contributed by atoms with Crippen LogP contribution in [0.4, 0.5) is 5.82 Å². The highest BCUT2D eigenvalue weighted by molar-refractivity contribution is 6.01. The highest BCUT2D eigenvalue weighted by atomic mass is 16.2. The monoisotopic (exact) mass is 338 g/mol. The minimum absolute atomic E-state index is 0.345. The maximum absolute atomic E-state index is 12.5. The molecule has 0 saturated carbocycles. The summed E-state index contributed by atoms with van der Waals surface area (Å²) < 4.78 is 0. The number of amides is 2. The molecule has 2 aromatic rings. The Balaban J connectivity index is 1.65. The van der Waals surface area contributed by atoms with Gasteiger partial charge in [0.2, 0.25) is 0 Å². The molecule has 0 bridgehead atoms. The molecule has 2 heterocycles. The fraction of sp³-hybridized carbons (Fsp3) is 0.316. The van der Waals surface area contributed by atoms with Crippen LogP contribution in [0, 0.1) is 0 Å². The number of anilines is 1. The Labute approximate surface area is 147 Å². The molecule has 0 radical (unpaired) electrons. The first kappa shape index (κ1) is 17.0. The number of carbonyl (C=O) groups is 2. The molecule has 130 valence electrons. The molecule has 0 atom stereocenters. The highest BCUT2D eigenvalue weighted by Gasteiger charge is 2.20. The molecule has 0 unspecified atom stereocenters. The van der Waals surface area contributed by atoms with Gasteiger partial charge in [-0.15, -0.1) is 0 Å². The summed E-state index contributed by atoms with van der Waals surface area (Å²) in [5.41, 5.74) is 7.08. The number of pyridine rings is 1. The first-order valence-corrected chi connectivity index (χ1v) is 8.58. The fourth-order valence-electron chi connectivity index (χ4n) is 2.90. The third kappa shape index (κ3) is 3.96. The summed E-state index contributed by atoms with van der Waals surface area (Å²) in [4.78, 5) is 31.1. The number of benzene rings is 1. The van der Waals surface area contributed by atoms with Crippen LogP contribution in [-0.2, 0) is 6.42 Å². The molecule has 0 spiro atoms. The summed E-state index contributed by atoms with van der Waals surface area (Å²) in [6.07, 6.45) is 4.79. The summed E-state index contributed by atoms with van der Waals surface area (Å²) in [5.74, 6) is -0.0461. The SMILES string of the molecule is CCc1ccc(C(=O)NNC(=O)c2cccnc2N2CCCC2)cc1. The molecule has 1 aromatic carbocycles. The van der Waals surface area contributed by atoms with Crippen molar-refractivity contribution in [3.63, 3.8) is 0 Å². The molecular weight excluding hydrogens is 316 g/mol. The van der Waals surface area contributed by atoms with Crippen LogP contribution in [0.15, 0.2) is 42.6 Å². The van der Waals surface area contributed by atoms with Gasteiger partial charge in [0.1, 0.15) is 5.82 Å². The minimum atomic E-state index is -0.367. The minimum Gasteiger partial charge on any atom is -0.356 e. The maximum Gasteiger partial charge on any atom is 0.273 e. The normalized spacial score (nSPS) is 13.6. The lowest BCUT2D eigenvalue weighted by Crippen LogP contribution is -2.42. The molecule has 1 aromatic heterocycles. The largest absolute Gasteiger partial charge is 0.356 e. The molecule has 3 rings (SSSR count). The standard InChI is InChI=1S/C19H22N4O2/c1-2-14-7-9-15(10-8-14)18(24)21-22-19(25)16-6-5-11-20-17(16)23-12-3-4-13-23/h5-11H,2-4,12-13H2,1H3,(H,21,24)(H,22,25). The average molecular weight is 338 g/mol. The van der Waals surface area contributed by atoms with Crippen molar-refractivity contribution in [3.8, 4) is 0 Å². The number of nitrogens with zero attached hydrogens (tertiary/aromatic N) is 2. The van der Waals surface area contributed by atoms with Gasteiger partial charge < -0.3 is 4.90 Å². The van der Waals surface area contributed by atoms with Crippen LogP contribution in [0.2, 0.25) is 0 Å². The second-order valence-corrected chi connectivity index (χ2v) is 6.03. The molecule has 1 aliphatic heterocycles. The van der Waals surface area contributed by atoms with Gasteiger partial charge in [-0.05, 0) is 49.1 Å². The van der Waals surface area contributed by atoms with Crippen LogP contribution >= 0.6 is 0 Å². The van der Waals surface area contributed by atoms with E-state index < -0.39 is 0 Å². The van der Waals surface area contributed by atoms with Gasteiger partial charge in [0, 0.05) is 24.8 Å². The van der Waals surface area contributed by atoms with E-state index in [0.29, 0.717) is 16.9 Å². The molecule has 1 saturated heterocycles. The van der Waals surface area contributed by atoms with Gasteiger partial charge in [-0.2, -0.15) is 0 Å². The van der Waals surface area contributed by atoms with Crippen molar-refractivity contribution in [2.45, 2.75) is 26.2 Å². The van der Waals surface area contributed by atoms with E-state index in [-0.39, 0.29) is 11.8 Å². The van der Waals surface area contributed by atoms with Crippen LogP contribution in [0.5, 0.6) is 0 Å². The second kappa shape index (κ2) is 7.79. The topological polar surface area (TPSA) is 74.3 Å². The molecular formula is C19H22N4O2. The number of hydrogen-bond acceptors (Lipinski definition) is 4. The number of aromatic nitrogens is 1. The van der Waals surface area contributed by atoms with Crippen LogP contribution in [0.25, 0.3) is 0 Å². The number of aryl methyl sites for hydroxylation is 1. The van der Waals surface area contributed by atoms with Gasteiger partial charge in [-0.25, -0.2) is 4.98 Å². The highest BCUT2D eigenvalue weighted by Crippen LogP contribution is 2.21. The fourth-order valence-corrected chi connectivity index (χ4v) is 2.90. The van der Waals surface area contributed by atoms with Crippen molar-refractivity contribution in [1.82, 2.24) is 15.8 Å². The maximum atomic E-state index is 12.5. The first-order chi connectivity index (χ1) is 12.2. The zero-order valence-corrected chi connectivity index (χ0v) is 14.3. The Bertz CT molecular complexity index is 752. The molecule has 6 heteroatoms. The van der Waals surface area contributed by atoms with Gasteiger partial charge in [-0.3, -0.25) is 20.4 Å². The molecule has 6 nitrogen and oxygen atoms in total. The Morgan fingerprint density at radius 2 is 1.72 bits per heavy atom. The number of carbonyl (C=O) groups excluding carboxylic acids is 2. The number of rotatable bonds is 4. The lowest BCUT2D eigenvalue weighted by Gasteiger charge is -2.19. The summed E-state index contributed by atoms with van der Waals surface area (Å²) >= 11 is 0. The van der Waals surface area contributed by atoms with E-state index in [0.717, 1.165) is 37.9 Å². The molecule has 1 aliphatic rings. The molecule has 1 fully saturated rings. The van der Waals surface area contributed by atoms with Crippen molar-refractivity contribution in [3.05, 3.63) is 59.3 Å². The van der Waals surface area contributed by atoms with E-state index in [1.54, 1.807) is 30.5 Å². The molecule has 2 amide bonds. The van der Waals surface area contributed by atoms with Gasteiger partial charge in [-0.1, -0.05) is 19.1 Å². The lowest BCUT2D eigenvalue weighted by atomic mass is 10.1. The number of nitrogens with one attached hydrogen (secondary N) is 2. The molecule has 0 aliphatic carbocycles. The van der Waals surface area contributed by atoms with Gasteiger partial charge >= 0.3 is 0 Å². The third-order valence-electron chi connectivity index (χ3n) is 4.35. The molecule has 25 heavy (non-hydrogen) atoms. The van der Waals surface area contributed by atoms with E-state index in [1.165, 1.54) is 0 Å². The van der Waals surface area contributed by atoms with E-state index in [1.807, 2.05) is 12.1 Å². The second-order valence-electron chi connectivity index (χ2n) is 6.03. The third-order valence-corrected chi connectivity index (χ3v) is 4.35. The summed E-state index contributed by atoms with van der Waals surface area (Å²) in [6.45, 7) is 3.85.